The van der Waals surface area contributed by atoms with Gasteiger partial charge >= 0.3 is 0 Å². The van der Waals surface area contributed by atoms with Crippen LogP contribution in [0, 0.1) is 5.92 Å². The number of phenols is 1. The number of hydrogen-bond acceptors (Lipinski definition) is 5. The molecule has 0 heterocycles. The maximum Gasteiger partial charge on any atom is 0.167 e. The van der Waals surface area contributed by atoms with Gasteiger partial charge < -0.3 is 20.4 Å². The SMILES string of the molecule is CCC1CC(=O)c2c(O)cc(CCCO)cc2C1Cc1ccccc1.OCCO. The highest BCUT2D eigenvalue weighted by Gasteiger charge is 2.35. The Kier molecular flexibility index (Phi) is 9.32. The lowest BCUT2D eigenvalue weighted by atomic mass is 9.70. The van der Waals surface area contributed by atoms with E-state index < -0.39 is 0 Å². The van der Waals surface area contributed by atoms with Crippen LogP contribution in [0.2, 0.25) is 0 Å². The molecule has 0 bridgehead atoms. The fourth-order valence-corrected chi connectivity index (χ4v) is 4.04. The summed E-state index contributed by atoms with van der Waals surface area (Å²) < 4.78 is 0. The molecule has 0 fully saturated rings. The van der Waals surface area contributed by atoms with Crippen LogP contribution < -0.4 is 0 Å². The number of phenolic OH excluding ortho intramolecular Hbond substituents is 1. The fraction of sp³-hybridized carbons (Fsp3) is 0.458. The topological polar surface area (TPSA) is 98.0 Å². The summed E-state index contributed by atoms with van der Waals surface area (Å²) in [4.78, 5) is 12.6. The van der Waals surface area contributed by atoms with Crippen LogP contribution >= 0.6 is 0 Å². The van der Waals surface area contributed by atoms with E-state index in [1.807, 2.05) is 18.2 Å². The number of aliphatic hydroxyl groups excluding tert-OH is 3. The molecule has 0 spiro atoms. The van der Waals surface area contributed by atoms with Gasteiger partial charge in [-0.3, -0.25) is 4.79 Å². The largest absolute Gasteiger partial charge is 0.507 e. The highest BCUT2D eigenvalue weighted by atomic mass is 16.3. The van der Waals surface area contributed by atoms with E-state index in [1.54, 1.807) is 6.07 Å². The minimum Gasteiger partial charge on any atom is -0.507 e. The molecular weight excluding hydrogens is 368 g/mol. The monoisotopic (exact) mass is 400 g/mol. The van der Waals surface area contributed by atoms with Crippen molar-refractivity contribution in [1.29, 1.82) is 0 Å². The molecule has 0 aromatic heterocycles. The van der Waals surface area contributed by atoms with Crippen molar-refractivity contribution in [2.24, 2.45) is 5.92 Å². The first-order valence-electron chi connectivity index (χ1n) is 10.3. The molecule has 1 aliphatic carbocycles. The summed E-state index contributed by atoms with van der Waals surface area (Å²) in [5, 5.41) is 34.8. The molecule has 29 heavy (non-hydrogen) atoms. The molecule has 5 heteroatoms. The van der Waals surface area contributed by atoms with Gasteiger partial charge in [0.15, 0.2) is 5.78 Å². The summed E-state index contributed by atoms with van der Waals surface area (Å²) in [6.45, 7) is 2.01. The Morgan fingerprint density at radius 3 is 2.24 bits per heavy atom. The normalized spacial score (nSPS) is 18.0. The molecule has 2 atom stereocenters. The van der Waals surface area contributed by atoms with Crippen LogP contribution in [-0.4, -0.2) is 46.0 Å². The third kappa shape index (κ3) is 6.13. The molecule has 0 radical (unpaired) electrons. The van der Waals surface area contributed by atoms with Crippen LogP contribution in [0.5, 0.6) is 5.75 Å². The van der Waals surface area contributed by atoms with Gasteiger partial charge in [0.25, 0.3) is 0 Å². The van der Waals surface area contributed by atoms with Crippen molar-refractivity contribution < 1.29 is 25.2 Å². The second kappa shape index (κ2) is 11.7. The molecule has 0 aliphatic heterocycles. The lowest BCUT2D eigenvalue weighted by Gasteiger charge is -2.33. The average molecular weight is 401 g/mol. The maximum atomic E-state index is 12.6. The van der Waals surface area contributed by atoms with E-state index in [4.69, 9.17) is 15.3 Å². The number of ketones is 1. The molecule has 4 N–H and O–H groups in total. The van der Waals surface area contributed by atoms with Crippen molar-refractivity contribution in [3.05, 3.63) is 64.7 Å². The molecule has 0 amide bonds. The van der Waals surface area contributed by atoms with Gasteiger partial charge in [0.1, 0.15) is 5.75 Å². The third-order valence-electron chi connectivity index (χ3n) is 5.45. The number of aliphatic hydroxyl groups is 3. The second-order valence-corrected chi connectivity index (χ2v) is 7.45. The Hall–Kier alpha value is -2.21. The van der Waals surface area contributed by atoms with E-state index in [0.29, 0.717) is 30.7 Å². The van der Waals surface area contributed by atoms with Gasteiger partial charge in [-0.25, -0.2) is 0 Å². The van der Waals surface area contributed by atoms with Crippen LogP contribution in [0.25, 0.3) is 0 Å². The highest BCUT2D eigenvalue weighted by Crippen LogP contribution is 2.43. The lowest BCUT2D eigenvalue weighted by Crippen LogP contribution is -2.26. The number of fused-ring (bicyclic) bond motifs is 1. The van der Waals surface area contributed by atoms with E-state index in [1.165, 1.54) is 5.56 Å². The van der Waals surface area contributed by atoms with Crippen LogP contribution in [0.15, 0.2) is 42.5 Å². The Morgan fingerprint density at radius 2 is 1.66 bits per heavy atom. The quantitative estimate of drug-likeness (QED) is 0.572. The number of carbonyl (C=O) groups excluding carboxylic acids is 1. The predicted molar refractivity (Wildman–Crippen MR) is 113 cm³/mol. The van der Waals surface area contributed by atoms with Gasteiger partial charge in [0, 0.05) is 13.0 Å². The Balaban J connectivity index is 0.000000687. The lowest BCUT2D eigenvalue weighted by molar-refractivity contribution is 0.0931. The molecule has 2 aromatic carbocycles. The number of aromatic hydroxyl groups is 1. The predicted octanol–water partition coefficient (Wildman–Crippen LogP) is 3.23. The molecular formula is C24H32O5. The van der Waals surface area contributed by atoms with Gasteiger partial charge in [0.05, 0.1) is 18.8 Å². The fourth-order valence-electron chi connectivity index (χ4n) is 4.04. The van der Waals surface area contributed by atoms with Crippen molar-refractivity contribution in [3.8, 4) is 5.75 Å². The van der Waals surface area contributed by atoms with E-state index in [0.717, 1.165) is 24.0 Å². The molecule has 5 nitrogen and oxygen atoms in total. The Bertz CT molecular complexity index is 770. The van der Waals surface area contributed by atoms with Crippen molar-refractivity contribution in [2.75, 3.05) is 19.8 Å². The van der Waals surface area contributed by atoms with Gasteiger partial charge in [-0.05, 0) is 53.9 Å². The smallest absolute Gasteiger partial charge is 0.167 e. The molecule has 3 rings (SSSR count). The average Bonchev–Trinajstić information content (AvgIpc) is 2.74. The van der Waals surface area contributed by atoms with E-state index in [2.05, 4.69) is 25.1 Å². The molecule has 2 aromatic rings. The number of hydrogen-bond donors (Lipinski definition) is 4. The summed E-state index contributed by atoms with van der Waals surface area (Å²) in [6.07, 6.45) is 3.70. The first-order chi connectivity index (χ1) is 14.0. The standard InChI is InChI=1S/C22H26O3.C2H6O2/c1-2-17-14-21(25)22-19(12-16(9-6-10-23)13-20(22)24)18(17)11-15-7-4-3-5-8-15;3-1-2-4/h3-5,7-8,12-13,17-18,23-24H,2,6,9-11,14H2,1H3;3-4H,1-2H2. The van der Waals surface area contributed by atoms with E-state index in [9.17, 15) is 9.90 Å². The number of Topliss-reactive ketones (excluding diaryl/α,β-unsaturated/α-hetero) is 1. The minimum atomic E-state index is -0.125. The Morgan fingerprint density at radius 1 is 0.966 bits per heavy atom. The van der Waals surface area contributed by atoms with Crippen molar-refractivity contribution in [1.82, 2.24) is 0 Å². The summed E-state index contributed by atoms with van der Waals surface area (Å²) in [7, 11) is 0. The summed E-state index contributed by atoms with van der Waals surface area (Å²) >= 11 is 0. The van der Waals surface area contributed by atoms with Gasteiger partial charge in [-0.15, -0.1) is 0 Å². The zero-order valence-electron chi connectivity index (χ0n) is 17.1. The van der Waals surface area contributed by atoms with Crippen LogP contribution in [0.3, 0.4) is 0 Å². The van der Waals surface area contributed by atoms with Crippen LogP contribution in [0.4, 0.5) is 0 Å². The molecule has 2 unspecified atom stereocenters. The van der Waals surface area contributed by atoms with Crippen LogP contribution in [-0.2, 0) is 12.8 Å². The molecule has 158 valence electrons. The van der Waals surface area contributed by atoms with E-state index >= 15 is 0 Å². The van der Waals surface area contributed by atoms with Crippen molar-refractivity contribution >= 4 is 5.78 Å². The minimum absolute atomic E-state index is 0.0531. The number of carbonyl (C=O) groups is 1. The van der Waals surface area contributed by atoms with Gasteiger partial charge in [0.2, 0.25) is 0 Å². The third-order valence-corrected chi connectivity index (χ3v) is 5.45. The first kappa shape index (κ1) is 23.1. The van der Waals surface area contributed by atoms with Crippen molar-refractivity contribution in [2.45, 2.75) is 44.9 Å². The highest BCUT2D eigenvalue weighted by molar-refractivity contribution is 6.01. The number of rotatable bonds is 7. The molecule has 0 saturated heterocycles. The summed E-state index contributed by atoms with van der Waals surface area (Å²) in [5.41, 5.74) is 3.75. The van der Waals surface area contributed by atoms with Gasteiger partial charge in [-0.2, -0.15) is 0 Å². The maximum absolute atomic E-state index is 12.6. The molecule has 0 saturated carbocycles. The number of benzene rings is 2. The Labute approximate surface area is 172 Å². The second-order valence-electron chi connectivity index (χ2n) is 7.45. The van der Waals surface area contributed by atoms with Crippen LogP contribution in [0.1, 0.15) is 59.2 Å². The summed E-state index contributed by atoms with van der Waals surface area (Å²) in [6, 6.07) is 14.1. The van der Waals surface area contributed by atoms with E-state index in [-0.39, 0.29) is 37.3 Å². The van der Waals surface area contributed by atoms with Gasteiger partial charge in [-0.1, -0.05) is 49.7 Å². The number of aryl methyl sites for hydroxylation is 1. The van der Waals surface area contributed by atoms with Crippen molar-refractivity contribution in [3.63, 3.8) is 0 Å². The molecule has 1 aliphatic rings. The first-order valence-corrected chi connectivity index (χ1v) is 10.3. The zero-order chi connectivity index (χ0) is 21.2. The zero-order valence-corrected chi connectivity index (χ0v) is 17.1. The summed E-state index contributed by atoms with van der Waals surface area (Å²) in [5.74, 6) is 0.688.